The van der Waals surface area contributed by atoms with Gasteiger partial charge in [0.25, 0.3) is 0 Å². The number of urea groups is 1. The zero-order valence-corrected chi connectivity index (χ0v) is 10.4. The topological polar surface area (TPSA) is 108 Å². The molecule has 7 nitrogen and oxygen atoms in total. The number of hydrogen-bond acceptors (Lipinski definition) is 3. The minimum atomic E-state index is -1.06. The first kappa shape index (κ1) is 14.5. The Labute approximate surface area is 110 Å². The fourth-order valence-electron chi connectivity index (χ4n) is 1.32. The van der Waals surface area contributed by atoms with Crippen molar-refractivity contribution in [2.75, 3.05) is 18.4 Å². The minimum absolute atomic E-state index is 0.0936. The third kappa shape index (κ3) is 5.53. The van der Waals surface area contributed by atoms with Gasteiger partial charge in [-0.05, 0) is 18.2 Å². The predicted octanol–water partition coefficient (Wildman–Crippen LogP) is 0.642. The number of carbonyl (C=O) groups excluding carboxylic acids is 2. The van der Waals surface area contributed by atoms with Crippen LogP contribution >= 0.6 is 0 Å². The van der Waals surface area contributed by atoms with Gasteiger partial charge in [-0.1, -0.05) is 6.07 Å². The standard InChI is InChI=1S/C12H15N3O4/c1-8(16)13-5-6-14-12(19)15-10-4-2-3-9(7-10)11(17)18/h2-4,7H,5-6H2,1H3,(H,13,16)(H,17,18)(H2,14,15,19). The van der Waals surface area contributed by atoms with E-state index >= 15 is 0 Å². The molecule has 0 fully saturated rings. The Morgan fingerprint density at radius 3 is 2.47 bits per heavy atom. The highest BCUT2D eigenvalue weighted by molar-refractivity contribution is 5.93. The molecule has 1 rings (SSSR count). The second-order valence-corrected chi connectivity index (χ2v) is 3.75. The predicted molar refractivity (Wildman–Crippen MR) is 69.1 cm³/mol. The molecular formula is C12H15N3O4. The Kier molecular flexibility index (Phi) is 5.34. The molecule has 0 bridgehead atoms. The lowest BCUT2D eigenvalue weighted by molar-refractivity contribution is -0.118. The molecule has 0 unspecified atom stereocenters. The minimum Gasteiger partial charge on any atom is -0.478 e. The number of benzene rings is 1. The summed E-state index contributed by atoms with van der Waals surface area (Å²) in [6.07, 6.45) is 0. The number of carbonyl (C=O) groups is 3. The lowest BCUT2D eigenvalue weighted by Gasteiger charge is -2.08. The van der Waals surface area contributed by atoms with E-state index in [4.69, 9.17) is 5.11 Å². The van der Waals surface area contributed by atoms with E-state index < -0.39 is 12.0 Å². The summed E-state index contributed by atoms with van der Waals surface area (Å²) in [4.78, 5) is 32.8. The van der Waals surface area contributed by atoms with Gasteiger partial charge in [-0.2, -0.15) is 0 Å². The van der Waals surface area contributed by atoms with E-state index in [1.807, 2.05) is 0 Å². The van der Waals surface area contributed by atoms with Crippen molar-refractivity contribution in [2.24, 2.45) is 0 Å². The van der Waals surface area contributed by atoms with Gasteiger partial charge in [-0.3, -0.25) is 4.79 Å². The van der Waals surface area contributed by atoms with Gasteiger partial charge in [0.05, 0.1) is 5.56 Å². The van der Waals surface area contributed by atoms with Crippen LogP contribution in [0.3, 0.4) is 0 Å². The van der Waals surface area contributed by atoms with Gasteiger partial charge >= 0.3 is 12.0 Å². The molecule has 7 heteroatoms. The maximum absolute atomic E-state index is 11.5. The van der Waals surface area contributed by atoms with E-state index in [0.29, 0.717) is 12.2 Å². The van der Waals surface area contributed by atoms with Crippen LogP contribution in [-0.4, -0.2) is 36.1 Å². The summed E-state index contributed by atoms with van der Waals surface area (Å²) in [5.41, 5.74) is 0.480. The number of hydrogen-bond donors (Lipinski definition) is 4. The number of amides is 3. The molecule has 0 aliphatic carbocycles. The van der Waals surface area contributed by atoms with Crippen molar-refractivity contribution in [3.8, 4) is 0 Å². The number of rotatable bonds is 5. The molecule has 102 valence electrons. The molecule has 1 aromatic rings. The van der Waals surface area contributed by atoms with Crippen molar-refractivity contribution in [1.82, 2.24) is 10.6 Å². The zero-order valence-electron chi connectivity index (χ0n) is 10.4. The van der Waals surface area contributed by atoms with Crippen molar-refractivity contribution in [1.29, 1.82) is 0 Å². The van der Waals surface area contributed by atoms with Crippen LogP contribution in [0.2, 0.25) is 0 Å². The second kappa shape index (κ2) is 7.00. The maximum atomic E-state index is 11.5. The molecule has 0 saturated carbocycles. The fourth-order valence-corrected chi connectivity index (χ4v) is 1.32. The summed E-state index contributed by atoms with van der Waals surface area (Å²) in [5, 5.41) is 16.4. The normalized spacial score (nSPS) is 9.53. The molecule has 0 saturated heterocycles. The van der Waals surface area contributed by atoms with Crippen LogP contribution in [0.5, 0.6) is 0 Å². The van der Waals surface area contributed by atoms with Crippen LogP contribution < -0.4 is 16.0 Å². The van der Waals surface area contributed by atoms with E-state index in [2.05, 4.69) is 16.0 Å². The summed E-state index contributed by atoms with van der Waals surface area (Å²) in [6.45, 7) is 2.00. The molecular weight excluding hydrogens is 250 g/mol. The van der Waals surface area contributed by atoms with Gasteiger partial charge in [0.15, 0.2) is 0 Å². The van der Waals surface area contributed by atoms with Crippen molar-refractivity contribution in [3.05, 3.63) is 29.8 Å². The van der Waals surface area contributed by atoms with Gasteiger partial charge in [-0.25, -0.2) is 9.59 Å². The van der Waals surface area contributed by atoms with Crippen LogP contribution in [0.15, 0.2) is 24.3 Å². The second-order valence-electron chi connectivity index (χ2n) is 3.75. The summed E-state index contributed by atoms with van der Waals surface area (Å²) >= 11 is 0. The Bertz CT molecular complexity index is 488. The quantitative estimate of drug-likeness (QED) is 0.586. The Hall–Kier alpha value is -2.57. The van der Waals surface area contributed by atoms with E-state index in [9.17, 15) is 14.4 Å². The average molecular weight is 265 g/mol. The fraction of sp³-hybridized carbons (Fsp3) is 0.250. The van der Waals surface area contributed by atoms with Crippen LogP contribution in [-0.2, 0) is 4.79 Å². The highest BCUT2D eigenvalue weighted by Gasteiger charge is 2.05. The van der Waals surface area contributed by atoms with Crippen LogP contribution in [0.4, 0.5) is 10.5 Å². The molecule has 3 amide bonds. The molecule has 0 aliphatic rings. The highest BCUT2D eigenvalue weighted by Crippen LogP contribution is 2.10. The number of nitrogens with one attached hydrogen (secondary N) is 3. The van der Waals surface area contributed by atoms with Gasteiger partial charge in [0.1, 0.15) is 0 Å². The van der Waals surface area contributed by atoms with Crippen LogP contribution in [0, 0.1) is 0 Å². The van der Waals surface area contributed by atoms with Gasteiger partial charge in [0.2, 0.25) is 5.91 Å². The molecule has 0 spiro atoms. The average Bonchev–Trinajstić information content (AvgIpc) is 2.34. The highest BCUT2D eigenvalue weighted by atomic mass is 16.4. The monoisotopic (exact) mass is 265 g/mol. The number of aromatic carboxylic acids is 1. The first-order valence-electron chi connectivity index (χ1n) is 5.61. The summed E-state index contributed by atoms with van der Waals surface area (Å²) in [6, 6.07) is 5.45. The smallest absolute Gasteiger partial charge is 0.335 e. The number of carboxylic acid groups (broad SMARTS) is 1. The lowest BCUT2D eigenvalue weighted by atomic mass is 10.2. The summed E-state index contributed by atoms with van der Waals surface area (Å²) in [7, 11) is 0. The molecule has 0 aromatic heterocycles. The lowest BCUT2D eigenvalue weighted by Crippen LogP contribution is -2.36. The number of anilines is 1. The van der Waals surface area contributed by atoms with E-state index in [1.165, 1.54) is 25.1 Å². The first-order chi connectivity index (χ1) is 8.99. The SMILES string of the molecule is CC(=O)NCCNC(=O)Nc1cccc(C(=O)O)c1. The molecule has 1 aromatic carbocycles. The molecule has 0 aliphatic heterocycles. The molecule has 0 heterocycles. The Morgan fingerprint density at radius 1 is 1.16 bits per heavy atom. The third-order valence-corrected chi connectivity index (χ3v) is 2.15. The van der Waals surface area contributed by atoms with Crippen LogP contribution in [0.25, 0.3) is 0 Å². The molecule has 4 N–H and O–H groups in total. The van der Waals surface area contributed by atoms with Gasteiger partial charge in [0, 0.05) is 25.7 Å². The zero-order chi connectivity index (χ0) is 14.3. The molecule has 0 atom stereocenters. The largest absolute Gasteiger partial charge is 0.478 e. The van der Waals surface area contributed by atoms with Crippen molar-refractivity contribution >= 4 is 23.6 Å². The maximum Gasteiger partial charge on any atom is 0.335 e. The van der Waals surface area contributed by atoms with Crippen LogP contribution in [0.1, 0.15) is 17.3 Å². The van der Waals surface area contributed by atoms with E-state index in [-0.39, 0.29) is 18.0 Å². The van der Waals surface area contributed by atoms with E-state index in [0.717, 1.165) is 0 Å². The van der Waals surface area contributed by atoms with Crippen molar-refractivity contribution < 1.29 is 19.5 Å². The Balaban J connectivity index is 2.42. The number of carboxylic acids is 1. The summed E-state index contributed by atoms with van der Waals surface area (Å²) in [5.74, 6) is -1.23. The van der Waals surface area contributed by atoms with E-state index in [1.54, 1.807) is 6.07 Å². The third-order valence-electron chi connectivity index (χ3n) is 2.15. The van der Waals surface area contributed by atoms with Gasteiger partial charge in [-0.15, -0.1) is 0 Å². The summed E-state index contributed by atoms with van der Waals surface area (Å²) < 4.78 is 0. The first-order valence-corrected chi connectivity index (χ1v) is 5.61. The van der Waals surface area contributed by atoms with Gasteiger partial charge < -0.3 is 21.1 Å². The van der Waals surface area contributed by atoms with Crippen molar-refractivity contribution in [3.63, 3.8) is 0 Å². The van der Waals surface area contributed by atoms with Crippen molar-refractivity contribution in [2.45, 2.75) is 6.92 Å². The Morgan fingerprint density at radius 2 is 1.84 bits per heavy atom. The molecule has 19 heavy (non-hydrogen) atoms. The molecule has 0 radical (unpaired) electrons.